The van der Waals surface area contributed by atoms with Gasteiger partial charge in [0.1, 0.15) is 11.3 Å². The Morgan fingerprint density at radius 3 is 2.60 bits per heavy atom. The van der Waals surface area contributed by atoms with E-state index >= 15 is 4.39 Å². The van der Waals surface area contributed by atoms with Crippen molar-refractivity contribution in [2.75, 3.05) is 18.5 Å². The van der Waals surface area contributed by atoms with Crippen molar-refractivity contribution in [2.45, 2.75) is 26.9 Å². The summed E-state index contributed by atoms with van der Waals surface area (Å²) in [6, 6.07) is 5.82. The summed E-state index contributed by atoms with van der Waals surface area (Å²) in [4.78, 5) is 16.6. The van der Waals surface area contributed by atoms with Gasteiger partial charge in [-0.25, -0.2) is 13.8 Å². The van der Waals surface area contributed by atoms with Crippen LogP contribution < -0.4 is 10.6 Å². The highest BCUT2D eigenvalue weighted by Gasteiger charge is 2.22. The Kier molecular flexibility index (Phi) is 7.85. The largest absolute Gasteiger partial charge is 0.394 e. The minimum absolute atomic E-state index is 0.00391. The molecule has 0 saturated carbocycles. The third-order valence-corrected chi connectivity index (χ3v) is 4.30. The average molecular weight is 420 g/mol. The number of imidazole rings is 1. The van der Waals surface area contributed by atoms with Gasteiger partial charge in [-0.2, -0.15) is 0 Å². The van der Waals surface area contributed by atoms with Crippen molar-refractivity contribution in [3.05, 3.63) is 53.4 Å². The smallest absolute Gasteiger partial charge is 0.253 e. The molecule has 0 aliphatic rings. The van der Waals surface area contributed by atoms with Gasteiger partial charge in [-0.15, -0.1) is 0 Å². The van der Waals surface area contributed by atoms with E-state index in [2.05, 4.69) is 15.6 Å². The number of nitrogens with zero attached hydrogens (tertiary/aromatic N) is 2. The predicted molar refractivity (Wildman–Crippen MR) is 112 cm³/mol. The van der Waals surface area contributed by atoms with Gasteiger partial charge in [-0.05, 0) is 30.7 Å². The Hall–Kier alpha value is -3.04. The zero-order valence-electron chi connectivity index (χ0n) is 17.3. The van der Waals surface area contributed by atoms with E-state index in [4.69, 9.17) is 5.11 Å². The Morgan fingerprint density at radius 1 is 1.27 bits per heavy atom. The number of aliphatic hydroxyl groups excluding tert-OH is 2. The van der Waals surface area contributed by atoms with Crippen LogP contribution in [-0.4, -0.2) is 44.9 Å². The summed E-state index contributed by atoms with van der Waals surface area (Å²) >= 11 is 0. The van der Waals surface area contributed by atoms with Gasteiger partial charge in [0, 0.05) is 13.6 Å². The van der Waals surface area contributed by atoms with Gasteiger partial charge in [-0.3, -0.25) is 4.79 Å². The molecule has 9 heteroatoms. The van der Waals surface area contributed by atoms with Gasteiger partial charge in [0.2, 0.25) is 0 Å². The van der Waals surface area contributed by atoms with Crippen LogP contribution in [-0.2, 0) is 7.05 Å². The lowest BCUT2D eigenvalue weighted by molar-refractivity contribution is 0.0802. The van der Waals surface area contributed by atoms with Crippen molar-refractivity contribution >= 4 is 28.3 Å². The topological polar surface area (TPSA) is 99.4 Å². The molecule has 1 aromatic heterocycles. The van der Waals surface area contributed by atoms with Crippen LogP contribution in [0, 0.1) is 18.6 Å². The number of aryl methyl sites for hydroxylation is 2. The van der Waals surface area contributed by atoms with Gasteiger partial charge < -0.3 is 25.4 Å². The zero-order valence-corrected chi connectivity index (χ0v) is 17.3. The van der Waals surface area contributed by atoms with Gasteiger partial charge in [0.05, 0.1) is 41.5 Å². The van der Waals surface area contributed by atoms with Crippen molar-refractivity contribution < 1.29 is 23.8 Å². The molecule has 1 atom stereocenters. The molecule has 2 aromatic carbocycles. The number of halogens is 2. The van der Waals surface area contributed by atoms with Crippen LogP contribution in [0.3, 0.4) is 0 Å². The number of fused-ring (bicyclic) bond motifs is 1. The molecular weight excluding hydrogens is 394 g/mol. The van der Waals surface area contributed by atoms with Gasteiger partial charge in [0.25, 0.3) is 5.91 Å². The highest BCUT2D eigenvalue weighted by atomic mass is 19.1. The summed E-state index contributed by atoms with van der Waals surface area (Å²) in [5, 5.41) is 23.4. The summed E-state index contributed by atoms with van der Waals surface area (Å²) in [7, 11) is 1.65. The number of aromatic nitrogens is 2. The quantitative estimate of drug-likeness (QED) is 0.491. The Bertz CT molecular complexity index is 1040. The van der Waals surface area contributed by atoms with Crippen LogP contribution in [0.4, 0.5) is 20.2 Å². The first-order chi connectivity index (χ1) is 14.3. The van der Waals surface area contributed by atoms with E-state index in [0.29, 0.717) is 11.1 Å². The summed E-state index contributed by atoms with van der Waals surface area (Å²) in [6.07, 6.45) is 0.251. The predicted octanol–water partition coefficient (Wildman–Crippen LogP) is 3.01. The number of aliphatic hydroxyl groups is 2. The van der Waals surface area contributed by atoms with Crippen LogP contribution in [0.2, 0.25) is 0 Å². The van der Waals surface area contributed by atoms with Crippen LogP contribution in [0.1, 0.15) is 29.8 Å². The fourth-order valence-electron chi connectivity index (χ4n) is 2.75. The standard InChI is InChI=1S/C19H20F2N4O3.C2H6/c1-10-3-4-14(13(20)5-10)24-17-12(19(28)22-7-11(27)8-26)6-15-18(16(17)21)23-9-25(15)2;1-2/h3-6,9,11,24,26-27H,7-8H2,1-2H3,(H,22,28);1-2H3. The molecular formula is C21H26F2N4O3. The number of benzene rings is 2. The molecule has 0 spiro atoms. The molecule has 1 heterocycles. The number of rotatable bonds is 6. The van der Waals surface area contributed by atoms with Crippen molar-refractivity contribution in [1.82, 2.24) is 14.9 Å². The second kappa shape index (κ2) is 10.1. The second-order valence-electron chi connectivity index (χ2n) is 6.49. The number of carbonyl (C=O) groups is 1. The molecule has 0 aliphatic heterocycles. The van der Waals surface area contributed by atoms with E-state index in [1.54, 1.807) is 24.6 Å². The molecule has 1 amide bonds. The summed E-state index contributed by atoms with van der Waals surface area (Å²) in [5.74, 6) is -2.09. The molecule has 4 N–H and O–H groups in total. The van der Waals surface area contributed by atoms with Crippen molar-refractivity contribution in [3.8, 4) is 0 Å². The summed E-state index contributed by atoms with van der Waals surface area (Å²) < 4.78 is 30.9. The number of hydrogen-bond acceptors (Lipinski definition) is 5. The lowest BCUT2D eigenvalue weighted by Gasteiger charge is -2.16. The van der Waals surface area contributed by atoms with E-state index < -0.39 is 30.3 Å². The lowest BCUT2D eigenvalue weighted by Crippen LogP contribution is -2.34. The molecule has 7 nitrogen and oxygen atoms in total. The first-order valence-corrected chi connectivity index (χ1v) is 9.55. The minimum atomic E-state index is -1.15. The lowest BCUT2D eigenvalue weighted by atomic mass is 10.1. The fraction of sp³-hybridized carbons (Fsp3) is 0.333. The Morgan fingerprint density at radius 2 is 1.97 bits per heavy atom. The minimum Gasteiger partial charge on any atom is -0.394 e. The maximum Gasteiger partial charge on any atom is 0.253 e. The first-order valence-electron chi connectivity index (χ1n) is 9.55. The Balaban J connectivity index is 0.00000155. The highest BCUT2D eigenvalue weighted by Crippen LogP contribution is 2.31. The fourth-order valence-corrected chi connectivity index (χ4v) is 2.75. The van der Waals surface area contributed by atoms with Crippen molar-refractivity contribution in [3.63, 3.8) is 0 Å². The van der Waals surface area contributed by atoms with Crippen molar-refractivity contribution in [2.24, 2.45) is 7.05 Å². The molecule has 3 aromatic rings. The molecule has 0 radical (unpaired) electrons. The van der Waals surface area contributed by atoms with Crippen LogP contribution in [0.15, 0.2) is 30.6 Å². The summed E-state index contributed by atoms with van der Waals surface area (Å²) in [6.45, 7) is 4.96. The van der Waals surface area contributed by atoms with Crippen LogP contribution in [0.25, 0.3) is 11.0 Å². The van der Waals surface area contributed by atoms with Gasteiger partial charge in [0.15, 0.2) is 5.82 Å². The van der Waals surface area contributed by atoms with Crippen LogP contribution >= 0.6 is 0 Å². The monoisotopic (exact) mass is 420 g/mol. The van der Waals surface area contributed by atoms with Crippen molar-refractivity contribution in [1.29, 1.82) is 0 Å². The third-order valence-electron chi connectivity index (χ3n) is 4.30. The van der Waals surface area contributed by atoms with Gasteiger partial charge >= 0.3 is 0 Å². The molecule has 3 rings (SSSR count). The van der Waals surface area contributed by atoms with E-state index in [9.17, 15) is 14.3 Å². The molecule has 0 saturated heterocycles. The highest BCUT2D eigenvalue weighted by molar-refractivity contribution is 6.04. The SMILES string of the molecule is CC.Cc1ccc(Nc2c(C(=O)NCC(O)CO)cc3c(ncn3C)c2F)c(F)c1. The zero-order chi connectivity index (χ0) is 22.4. The molecule has 30 heavy (non-hydrogen) atoms. The molecule has 0 fully saturated rings. The molecule has 1 unspecified atom stereocenters. The van der Waals surface area contributed by atoms with Crippen LogP contribution in [0.5, 0.6) is 0 Å². The van der Waals surface area contributed by atoms with E-state index in [1.165, 1.54) is 24.5 Å². The molecule has 162 valence electrons. The number of anilines is 2. The van der Waals surface area contributed by atoms with E-state index in [1.807, 2.05) is 13.8 Å². The van der Waals surface area contributed by atoms with E-state index in [-0.39, 0.29) is 29.0 Å². The first kappa shape index (κ1) is 23.2. The molecule has 0 aliphatic carbocycles. The number of hydrogen-bond donors (Lipinski definition) is 4. The maximum atomic E-state index is 15.1. The van der Waals surface area contributed by atoms with Gasteiger partial charge in [-0.1, -0.05) is 19.9 Å². The molecule has 0 bridgehead atoms. The number of amides is 1. The number of nitrogens with one attached hydrogen (secondary N) is 2. The summed E-state index contributed by atoms with van der Waals surface area (Å²) in [5.41, 5.74) is 0.789. The number of carbonyl (C=O) groups excluding carboxylic acids is 1. The second-order valence-corrected chi connectivity index (χ2v) is 6.49. The normalized spacial score (nSPS) is 11.6. The Labute approximate surface area is 173 Å². The average Bonchev–Trinajstić information content (AvgIpc) is 3.11. The maximum absolute atomic E-state index is 15.1. The third kappa shape index (κ3) is 4.92. The van der Waals surface area contributed by atoms with E-state index in [0.717, 1.165) is 0 Å².